The predicted molar refractivity (Wildman–Crippen MR) is 93.1 cm³/mol. The van der Waals surface area contributed by atoms with Crippen molar-refractivity contribution >= 4 is 21.6 Å². The number of nitrogens with one attached hydrogen (secondary N) is 1. The van der Waals surface area contributed by atoms with Crippen molar-refractivity contribution in [2.75, 3.05) is 5.32 Å². The van der Waals surface area contributed by atoms with Crippen molar-refractivity contribution in [1.29, 1.82) is 0 Å². The third kappa shape index (κ3) is 4.50. The van der Waals surface area contributed by atoms with E-state index in [2.05, 4.69) is 65.4 Å². The summed E-state index contributed by atoms with van der Waals surface area (Å²) in [5.74, 6) is 0.914. The van der Waals surface area contributed by atoms with E-state index in [1.165, 1.54) is 11.1 Å². The van der Waals surface area contributed by atoms with Crippen LogP contribution in [0, 0.1) is 6.92 Å². The van der Waals surface area contributed by atoms with Crippen molar-refractivity contribution in [2.45, 2.75) is 39.8 Å². The van der Waals surface area contributed by atoms with Crippen LogP contribution in [-0.4, -0.2) is 6.10 Å². The zero-order valence-electron chi connectivity index (χ0n) is 13.0. The van der Waals surface area contributed by atoms with Gasteiger partial charge in [-0.1, -0.05) is 18.2 Å². The third-order valence-corrected chi connectivity index (χ3v) is 3.90. The highest BCUT2D eigenvalue weighted by Crippen LogP contribution is 2.28. The monoisotopic (exact) mass is 347 g/mol. The molecule has 1 atom stereocenters. The predicted octanol–water partition coefficient (Wildman–Crippen LogP) is 5.72. The van der Waals surface area contributed by atoms with Crippen molar-refractivity contribution in [1.82, 2.24) is 0 Å². The highest BCUT2D eigenvalue weighted by Gasteiger charge is 2.08. The Hall–Kier alpha value is -1.48. The highest BCUT2D eigenvalue weighted by atomic mass is 79.9. The SMILES string of the molecule is Cc1ccc(NC(C)c2ccc(OC(C)C)cc2)c(Br)c1. The van der Waals surface area contributed by atoms with Crippen molar-refractivity contribution in [3.63, 3.8) is 0 Å². The molecule has 0 aliphatic rings. The molecule has 2 aromatic rings. The summed E-state index contributed by atoms with van der Waals surface area (Å²) in [6, 6.07) is 14.8. The molecule has 0 saturated carbocycles. The largest absolute Gasteiger partial charge is 0.491 e. The van der Waals surface area contributed by atoms with Gasteiger partial charge in [0.25, 0.3) is 0 Å². The topological polar surface area (TPSA) is 21.3 Å². The van der Waals surface area contributed by atoms with E-state index >= 15 is 0 Å². The van der Waals surface area contributed by atoms with Crippen LogP contribution in [0.4, 0.5) is 5.69 Å². The van der Waals surface area contributed by atoms with Gasteiger partial charge in [-0.25, -0.2) is 0 Å². The first-order valence-electron chi connectivity index (χ1n) is 7.25. The normalized spacial score (nSPS) is 12.3. The lowest BCUT2D eigenvalue weighted by molar-refractivity contribution is 0.242. The smallest absolute Gasteiger partial charge is 0.119 e. The average Bonchev–Trinajstić information content (AvgIpc) is 2.42. The number of benzene rings is 2. The van der Waals surface area contributed by atoms with E-state index in [1.54, 1.807) is 0 Å². The number of halogens is 1. The van der Waals surface area contributed by atoms with E-state index in [1.807, 2.05) is 26.0 Å². The minimum absolute atomic E-state index is 0.204. The van der Waals surface area contributed by atoms with Gasteiger partial charge in [0.05, 0.1) is 6.10 Å². The highest BCUT2D eigenvalue weighted by molar-refractivity contribution is 9.10. The van der Waals surface area contributed by atoms with Gasteiger partial charge in [-0.2, -0.15) is 0 Å². The average molecular weight is 348 g/mol. The number of anilines is 1. The number of hydrogen-bond donors (Lipinski definition) is 1. The van der Waals surface area contributed by atoms with Gasteiger partial charge >= 0.3 is 0 Å². The zero-order valence-corrected chi connectivity index (χ0v) is 14.6. The number of aryl methyl sites for hydroxylation is 1. The van der Waals surface area contributed by atoms with E-state index in [9.17, 15) is 0 Å². The molecule has 0 bridgehead atoms. The van der Waals surface area contributed by atoms with Crippen molar-refractivity contribution < 1.29 is 4.74 Å². The second kappa shape index (κ2) is 6.99. The Labute approximate surface area is 135 Å². The number of ether oxygens (including phenoxy) is 1. The summed E-state index contributed by atoms with van der Waals surface area (Å²) in [6.45, 7) is 8.32. The molecule has 1 N–H and O–H groups in total. The lowest BCUT2D eigenvalue weighted by atomic mass is 10.1. The van der Waals surface area contributed by atoms with Crippen molar-refractivity contribution in [3.8, 4) is 5.75 Å². The molecule has 2 rings (SSSR count). The van der Waals surface area contributed by atoms with Crippen LogP contribution in [0.2, 0.25) is 0 Å². The fraction of sp³-hybridized carbons (Fsp3) is 0.333. The molecule has 3 heteroatoms. The Morgan fingerprint density at radius 2 is 1.67 bits per heavy atom. The molecule has 0 heterocycles. The molecule has 0 aromatic heterocycles. The van der Waals surface area contributed by atoms with E-state index in [-0.39, 0.29) is 12.1 Å². The van der Waals surface area contributed by atoms with Gasteiger partial charge in [0.2, 0.25) is 0 Å². The molecule has 112 valence electrons. The van der Waals surface area contributed by atoms with Crippen LogP contribution in [0.5, 0.6) is 5.75 Å². The zero-order chi connectivity index (χ0) is 15.4. The van der Waals surface area contributed by atoms with Crippen molar-refractivity contribution in [2.24, 2.45) is 0 Å². The number of hydrogen-bond acceptors (Lipinski definition) is 2. The first-order chi connectivity index (χ1) is 9.95. The fourth-order valence-electron chi connectivity index (χ4n) is 2.16. The fourth-order valence-corrected chi connectivity index (χ4v) is 2.77. The summed E-state index contributed by atoms with van der Waals surface area (Å²) in [5.41, 5.74) is 3.59. The first-order valence-corrected chi connectivity index (χ1v) is 8.04. The van der Waals surface area contributed by atoms with Gasteiger partial charge in [-0.05, 0) is 79.0 Å². The Morgan fingerprint density at radius 1 is 1.00 bits per heavy atom. The number of rotatable bonds is 5. The van der Waals surface area contributed by atoms with E-state index < -0.39 is 0 Å². The molecular formula is C18H22BrNO. The maximum atomic E-state index is 5.67. The molecule has 2 aromatic carbocycles. The lowest BCUT2D eigenvalue weighted by Gasteiger charge is -2.18. The Kier molecular flexibility index (Phi) is 5.29. The Morgan fingerprint density at radius 3 is 2.24 bits per heavy atom. The van der Waals surface area contributed by atoms with Crippen LogP contribution in [0.3, 0.4) is 0 Å². The molecule has 1 unspecified atom stereocenters. The van der Waals surface area contributed by atoms with Crippen LogP contribution in [-0.2, 0) is 0 Å². The first kappa shape index (κ1) is 15.9. The molecule has 0 fully saturated rings. The van der Waals surface area contributed by atoms with Crippen molar-refractivity contribution in [3.05, 3.63) is 58.1 Å². The third-order valence-electron chi connectivity index (χ3n) is 3.25. The van der Waals surface area contributed by atoms with Crippen LogP contribution in [0.1, 0.15) is 37.9 Å². The van der Waals surface area contributed by atoms with Crippen LogP contribution in [0.25, 0.3) is 0 Å². The maximum absolute atomic E-state index is 5.67. The van der Waals surface area contributed by atoms with Gasteiger partial charge < -0.3 is 10.1 Å². The standard InChI is InChI=1S/C18H22BrNO/c1-12(2)21-16-8-6-15(7-9-16)14(4)20-18-10-5-13(3)11-17(18)19/h5-12,14,20H,1-4H3. The van der Waals surface area contributed by atoms with Gasteiger partial charge in [0, 0.05) is 16.2 Å². The summed E-state index contributed by atoms with van der Waals surface area (Å²) in [4.78, 5) is 0. The van der Waals surface area contributed by atoms with Crippen LogP contribution >= 0.6 is 15.9 Å². The quantitative estimate of drug-likeness (QED) is 0.746. The molecule has 0 radical (unpaired) electrons. The second-order valence-corrected chi connectivity index (χ2v) is 6.44. The summed E-state index contributed by atoms with van der Waals surface area (Å²) < 4.78 is 6.76. The minimum Gasteiger partial charge on any atom is -0.491 e. The summed E-state index contributed by atoms with van der Waals surface area (Å²) in [7, 11) is 0. The molecule has 0 saturated heterocycles. The molecule has 2 nitrogen and oxygen atoms in total. The molecule has 0 aliphatic heterocycles. The molecular weight excluding hydrogens is 326 g/mol. The van der Waals surface area contributed by atoms with Gasteiger partial charge in [-0.15, -0.1) is 0 Å². The summed E-state index contributed by atoms with van der Waals surface area (Å²) >= 11 is 3.60. The maximum Gasteiger partial charge on any atom is 0.119 e. The second-order valence-electron chi connectivity index (χ2n) is 5.58. The van der Waals surface area contributed by atoms with E-state index in [0.29, 0.717) is 0 Å². The lowest BCUT2D eigenvalue weighted by Crippen LogP contribution is -2.08. The van der Waals surface area contributed by atoms with Gasteiger partial charge in [0.1, 0.15) is 5.75 Å². The van der Waals surface area contributed by atoms with Gasteiger partial charge in [-0.3, -0.25) is 0 Å². The summed E-state index contributed by atoms with van der Waals surface area (Å²) in [6.07, 6.45) is 0.204. The molecule has 0 aliphatic carbocycles. The molecule has 0 amide bonds. The Balaban J connectivity index is 2.07. The van der Waals surface area contributed by atoms with Gasteiger partial charge in [0.15, 0.2) is 0 Å². The Bertz CT molecular complexity index is 593. The van der Waals surface area contributed by atoms with Crippen LogP contribution < -0.4 is 10.1 Å². The molecule has 21 heavy (non-hydrogen) atoms. The van der Waals surface area contributed by atoms with E-state index in [0.717, 1.165) is 15.9 Å². The minimum atomic E-state index is 0.204. The van der Waals surface area contributed by atoms with Crippen LogP contribution in [0.15, 0.2) is 46.9 Å². The summed E-state index contributed by atoms with van der Waals surface area (Å²) in [5, 5.41) is 3.53. The van der Waals surface area contributed by atoms with E-state index in [4.69, 9.17) is 4.74 Å². The molecule has 0 spiro atoms.